The topological polar surface area (TPSA) is 94.1 Å². The summed E-state index contributed by atoms with van der Waals surface area (Å²) in [5, 5.41) is 2.78. The van der Waals surface area contributed by atoms with Gasteiger partial charge in [0.15, 0.2) is 5.82 Å². The zero-order valence-corrected chi connectivity index (χ0v) is 17.7. The van der Waals surface area contributed by atoms with Crippen molar-refractivity contribution in [3.8, 4) is 22.6 Å². The Balaban J connectivity index is 1.69. The summed E-state index contributed by atoms with van der Waals surface area (Å²) in [4.78, 5) is 38.0. The minimum atomic E-state index is -0.474. The molecule has 0 radical (unpaired) electrons. The van der Waals surface area contributed by atoms with Crippen LogP contribution >= 0.6 is 0 Å². The van der Waals surface area contributed by atoms with E-state index in [2.05, 4.69) is 20.3 Å². The van der Waals surface area contributed by atoms with Crippen LogP contribution in [0.4, 0.5) is 10.1 Å². The van der Waals surface area contributed by atoms with Gasteiger partial charge in [0.25, 0.3) is 5.91 Å². The molecule has 2 aromatic carbocycles. The number of nitrogens with one attached hydrogen (secondary N) is 1. The summed E-state index contributed by atoms with van der Waals surface area (Å²) in [5.74, 6) is -0.941. The average molecular weight is 442 g/mol. The fourth-order valence-electron chi connectivity index (χ4n) is 3.15. The van der Waals surface area contributed by atoms with E-state index in [-0.39, 0.29) is 18.0 Å². The first-order valence-corrected chi connectivity index (χ1v) is 10.2. The highest BCUT2D eigenvalue weighted by molar-refractivity contribution is 6.08. The van der Waals surface area contributed by atoms with Crippen molar-refractivity contribution < 1.29 is 18.7 Å². The van der Waals surface area contributed by atoms with Crippen LogP contribution in [0.3, 0.4) is 0 Å². The van der Waals surface area contributed by atoms with E-state index in [4.69, 9.17) is 4.74 Å². The molecule has 0 bridgehead atoms. The number of hydrogen-bond donors (Lipinski definition) is 1. The fraction of sp³-hybridized carbons (Fsp3) is 0.0800. The number of rotatable bonds is 6. The van der Waals surface area contributed by atoms with Crippen LogP contribution in [0.5, 0.6) is 0 Å². The second-order valence-corrected chi connectivity index (χ2v) is 6.95. The van der Waals surface area contributed by atoms with E-state index in [0.29, 0.717) is 33.9 Å². The van der Waals surface area contributed by atoms with Gasteiger partial charge in [-0.1, -0.05) is 6.07 Å². The van der Waals surface area contributed by atoms with E-state index < -0.39 is 11.9 Å². The molecule has 4 rings (SSSR count). The first-order valence-electron chi connectivity index (χ1n) is 10.2. The van der Waals surface area contributed by atoms with E-state index in [1.165, 1.54) is 24.4 Å². The third-order valence-corrected chi connectivity index (χ3v) is 4.72. The summed E-state index contributed by atoms with van der Waals surface area (Å²) in [7, 11) is 0. The molecule has 0 fully saturated rings. The van der Waals surface area contributed by atoms with Crippen LogP contribution in [0.25, 0.3) is 22.6 Å². The Bertz CT molecular complexity index is 1290. The summed E-state index contributed by atoms with van der Waals surface area (Å²) < 4.78 is 18.3. The first kappa shape index (κ1) is 21.8. The molecule has 33 heavy (non-hydrogen) atoms. The van der Waals surface area contributed by atoms with Gasteiger partial charge in [-0.25, -0.2) is 19.2 Å². The number of benzene rings is 2. The summed E-state index contributed by atoms with van der Waals surface area (Å²) in [5.41, 5.74) is 2.65. The Hall–Kier alpha value is -4.46. The molecule has 4 aromatic rings. The number of carbonyl (C=O) groups excluding carboxylic acids is 2. The van der Waals surface area contributed by atoms with Crippen molar-refractivity contribution in [2.75, 3.05) is 11.9 Å². The van der Waals surface area contributed by atoms with Crippen LogP contribution in [0.2, 0.25) is 0 Å². The van der Waals surface area contributed by atoms with Gasteiger partial charge in [0.1, 0.15) is 5.82 Å². The number of hydrogen-bond acceptors (Lipinski definition) is 6. The number of esters is 1. The quantitative estimate of drug-likeness (QED) is 0.432. The molecule has 164 valence electrons. The van der Waals surface area contributed by atoms with E-state index in [1.807, 2.05) is 0 Å². The van der Waals surface area contributed by atoms with Crippen molar-refractivity contribution >= 4 is 17.6 Å². The summed E-state index contributed by atoms with van der Waals surface area (Å²) in [6.07, 6.45) is 4.62. The highest BCUT2D eigenvalue weighted by atomic mass is 19.1. The van der Waals surface area contributed by atoms with Crippen molar-refractivity contribution in [2.45, 2.75) is 6.92 Å². The average Bonchev–Trinajstić information content (AvgIpc) is 2.85. The zero-order valence-electron chi connectivity index (χ0n) is 17.7. The van der Waals surface area contributed by atoms with E-state index in [9.17, 15) is 14.0 Å². The Morgan fingerprint density at radius 1 is 1.00 bits per heavy atom. The summed E-state index contributed by atoms with van der Waals surface area (Å²) >= 11 is 0. The largest absolute Gasteiger partial charge is 0.462 e. The molecule has 8 heteroatoms. The van der Waals surface area contributed by atoms with Crippen LogP contribution in [-0.2, 0) is 4.74 Å². The van der Waals surface area contributed by atoms with Gasteiger partial charge in [0.05, 0.1) is 23.4 Å². The normalized spacial score (nSPS) is 10.5. The van der Waals surface area contributed by atoms with Gasteiger partial charge in [0.2, 0.25) is 0 Å². The molecule has 2 aromatic heterocycles. The Morgan fingerprint density at radius 3 is 2.48 bits per heavy atom. The monoisotopic (exact) mass is 442 g/mol. The maximum Gasteiger partial charge on any atom is 0.338 e. The molecule has 0 unspecified atom stereocenters. The summed E-state index contributed by atoms with van der Waals surface area (Å²) in [6, 6.07) is 15.7. The van der Waals surface area contributed by atoms with Gasteiger partial charge < -0.3 is 10.1 Å². The lowest BCUT2D eigenvalue weighted by molar-refractivity contribution is 0.0526. The molecule has 0 atom stereocenters. The molecule has 0 aliphatic rings. The van der Waals surface area contributed by atoms with Crippen LogP contribution in [-0.4, -0.2) is 33.4 Å². The third kappa shape index (κ3) is 5.07. The van der Waals surface area contributed by atoms with Gasteiger partial charge in [-0.15, -0.1) is 0 Å². The molecule has 2 heterocycles. The maximum absolute atomic E-state index is 13.3. The van der Waals surface area contributed by atoms with E-state index in [1.54, 1.807) is 61.8 Å². The first-order chi connectivity index (χ1) is 16.0. The number of aromatic nitrogens is 3. The van der Waals surface area contributed by atoms with E-state index in [0.717, 1.165) is 0 Å². The Labute approximate surface area is 189 Å². The second-order valence-electron chi connectivity index (χ2n) is 6.95. The number of pyridine rings is 1. The standard InChI is InChI=1S/C25H19FN4O3/c1-2-33-25(32)18-4-3-5-20(14-18)29-24(31)21-15-28-23(17-6-8-19(26)9-7-17)30-22(21)16-10-12-27-13-11-16/h3-15H,2H2,1H3,(H,29,31). The number of halogens is 1. The smallest absolute Gasteiger partial charge is 0.338 e. The predicted molar refractivity (Wildman–Crippen MR) is 121 cm³/mol. The SMILES string of the molecule is CCOC(=O)c1cccc(NC(=O)c2cnc(-c3ccc(F)cc3)nc2-c2ccncc2)c1. The maximum atomic E-state index is 13.3. The predicted octanol–water partition coefficient (Wildman–Crippen LogP) is 4.77. The Kier molecular flexibility index (Phi) is 6.45. The van der Waals surface area contributed by atoms with Crippen molar-refractivity contribution in [3.63, 3.8) is 0 Å². The molecule has 0 spiro atoms. The number of carbonyl (C=O) groups is 2. The van der Waals surface area contributed by atoms with Crippen molar-refractivity contribution in [3.05, 3.63) is 96.2 Å². The number of ether oxygens (including phenoxy) is 1. The highest BCUT2D eigenvalue weighted by Gasteiger charge is 2.18. The highest BCUT2D eigenvalue weighted by Crippen LogP contribution is 2.25. The van der Waals surface area contributed by atoms with Crippen LogP contribution in [0, 0.1) is 5.82 Å². The lowest BCUT2D eigenvalue weighted by Gasteiger charge is -2.12. The van der Waals surface area contributed by atoms with Gasteiger partial charge in [0, 0.05) is 35.4 Å². The lowest BCUT2D eigenvalue weighted by Crippen LogP contribution is -2.15. The summed E-state index contributed by atoms with van der Waals surface area (Å²) in [6.45, 7) is 1.97. The van der Waals surface area contributed by atoms with Gasteiger partial charge in [-0.2, -0.15) is 0 Å². The molecule has 0 saturated carbocycles. The molecular weight excluding hydrogens is 423 g/mol. The number of anilines is 1. The molecule has 0 saturated heterocycles. The molecule has 7 nitrogen and oxygen atoms in total. The molecule has 1 N–H and O–H groups in total. The van der Waals surface area contributed by atoms with Crippen molar-refractivity contribution in [1.82, 2.24) is 15.0 Å². The van der Waals surface area contributed by atoms with Crippen LogP contribution in [0.1, 0.15) is 27.6 Å². The van der Waals surface area contributed by atoms with Gasteiger partial charge in [-0.05, 0) is 61.5 Å². The molecule has 0 aliphatic heterocycles. The van der Waals surface area contributed by atoms with Crippen molar-refractivity contribution in [1.29, 1.82) is 0 Å². The fourth-order valence-corrected chi connectivity index (χ4v) is 3.15. The molecular formula is C25H19FN4O3. The lowest BCUT2D eigenvalue weighted by atomic mass is 10.1. The van der Waals surface area contributed by atoms with Crippen LogP contribution in [0.15, 0.2) is 79.3 Å². The van der Waals surface area contributed by atoms with E-state index >= 15 is 0 Å². The van der Waals surface area contributed by atoms with Gasteiger partial charge >= 0.3 is 5.97 Å². The minimum Gasteiger partial charge on any atom is -0.462 e. The third-order valence-electron chi connectivity index (χ3n) is 4.72. The van der Waals surface area contributed by atoms with Gasteiger partial charge in [-0.3, -0.25) is 9.78 Å². The molecule has 1 amide bonds. The number of amides is 1. The second kappa shape index (κ2) is 9.78. The Morgan fingerprint density at radius 2 is 1.76 bits per heavy atom. The minimum absolute atomic E-state index is 0.230. The number of nitrogens with zero attached hydrogens (tertiary/aromatic N) is 3. The molecule has 0 aliphatic carbocycles. The zero-order chi connectivity index (χ0) is 23.2. The van der Waals surface area contributed by atoms with Crippen molar-refractivity contribution in [2.24, 2.45) is 0 Å². The van der Waals surface area contributed by atoms with Crippen LogP contribution < -0.4 is 5.32 Å².